The van der Waals surface area contributed by atoms with E-state index in [1.165, 1.54) is 5.56 Å². The van der Waals surface area contributed by atoms with E-state index in [0.717, 1.165) is 5.56 Å². The van der Waals surface area contributed by atoms with Crippen molar-refractivity contribution >= 4 is 15.7 Å². The average Bonchev–Trinajstić information content (AvgIpc) is 2.19. The Balaban J connectivity index is 3.01. The minimum Gasteiger partial charge on any atom is -0.283 e. The summed E-state index contributed by atoms with van der Waals surface area (Å²) in [5.41, 5.74) is 2.92. The van der Waals surface area contributed by atoms with Crippen LogP contribution in [0, 0.1) is 6.92 Å². The van der Waals surface area contributed by atoms with E-state index < -0.39 is 10.0 Å². The number of hydrogen-bond acceptors (Lipinski definition) is 2. The number of hydrogen-bond donors (Lipinski definition) is 1. The van der Waals surface area contributed by atoms with Gasteiger partial charge in [0.2, 0.25) is 10.0 Å². The Labute approximate surface area is 111 Å². The van der Waals surface area contributed by atoms with Gasteiger partial charge < -0.3 is 0 Å². The monoisotopic (exact) mass is 269 g/mol. The molecule has 0 amide bonds. The maximum Gasteiger partial charge on any atom is 0.232 e. The van der Waals surface area contributed by atoms with E-state index in [4.69, 9.17) is 0 Å². The molecular weight excluding hydrogens is 246 g/mol. The van der Waals surface area contributed by atoms with Gasteiger partial charge in [0.05, 0.1) is 11.4 Å². The summed E-state index contributed by atoms with van der Waals surface area (Å²) in [5.74, 6) is 0.160. The molecule has 102 valence electrons. The Bertz CT molecular complexity index is 513. The number of nitrogens with one attached hydrogen (secondary N) is 1. The lowest BCUT2D eigenvalue weighted by atomic mass is 9.86. The zero-order valence-electron chi connectivity index (χ0n) is 11.9. The van der Waals surface area contributed by atoms with Crippen LogP contribution in [0.1, 0.15) is 45.2 Å². The number of sulfonamides is 1. The first-order chi connectivity index (χ1) is 8.15. The third kappa shape index (κ3) is 4.02. The molecule has 0 aliphatic heterocycles. The van der Waals surface area contributed by atoms with E-state index in [1.54, 1.807) is 0 Å². The maximum atomic E-state index is 11.7. The van der Waals surface area contributed by atoms with Gasteiger partial charge in [0.1, 0.15) is 0 Å². The van der Waals surface area contributed by atoms with Crippen molar-refractivity contribution in [1.29, 1.82) is 0 Å². The van der Waals surface area contributed by atoms with Crippen LogP contribution in [-0.2, 0) is 15.4 Å². The van der Waals surface area contributed by atoms with Crippen LogP contribution < -0.4 is 4.72 Å². The van der Waals surface area contributed by atoms with E-state index >= 15 is 0 Å². The Kier molecular flexibility index (Phi) is 4.43. The van der Waals surface area contributed by atoms with E-state index in [1.807, 2.05) is 32.0 Å². The minimum absolute atomic E-state index is 0.0750. The standard InChI is InChI=1S/C14H23NO2S/c1-6-9-18(16,17)15-13-8-7-12(10-11(13)2)14(3,4)5/h7-8,10,15H,6,9H2,1-5H3. The first-order valence-corrected chi connectivity index (χ1v) is 7.92. The molecular formula is C14H23NO2S. The summed E-state index contributed by atoms with van der Waals surface area (Å²) in [4.78, 5) is 0. The first-order valence-electron chi connectivity index (χ1n) is 6.27. The largest absolute Gasteiger partial charge is 0.283 e. The summed E-state index contributed by atoms with van der Waals surface area (Å²) in [6.07, 6.45) is 0.619. The topological polar surface area (TPSA) is 46.2 Å². The summed E-state index contributed by atoms with van der Waals surface area (Å²) in [5, 5.41) is 0. The van der Waals surface area contributed by atoms with Crippen molar-refractivity contribution in [3.8, 4) is 0 Å². The van der Waals surface area contributed by atoms with Crippen LogP contribution in [0.25, 0.3) is 0 Å². The van der Waals surface area contributed by atoms with Gasteiger partial charge in [-0.1, -0.05) is 39.8 Å². The van der Waals surface area contributed by atoms with Crippen LogP contribution in [0.2, 0.25) is 0 Å². The molecule has 0 saturated heterocycles. The molecule has 1 rings (SSSR count). The van der Waals surface area contributed by atoms with Gasteiger partial charge in [-0.3, -0.25) is 4.72 Å². The average molecular weight is 269 g/mol. The fourth-order valence-corrected chi connectivity index (χ4v) is 2.94. The lowest BCUT2D eigenvalue weighted by Gasteiger charge is -2.20. The Morgan fingerprint density at radius 1 is 1.22 bits per heavy atom. The molecule has 1 aromatic rings. The third-order valence-corrected chi connectivity index (χ3v) is 4.31. The van der Waals surface area contributed by atoms with Gasteiger partial charge in [-0.05, 0) is 36.0 Å². The molecule has 1 aromatic carbocycles. The van der Waals surface area contributed by atoms with Gasteiger partial charge in [-0.25, -0.2) is 8.42 Å². The summed E-state index contributed by atoms with van der Waals surface area (Å²) in [6, 6.07) is 5.88. The van der Waals surface area contributed by atoms with E-state index in [2.05, 4.69) is 25.5 Å². The lowest BCUT2D eigenvalue weighted by molar-refractivity contribution is 0.590. The molecule has 0 atom stereocenters. The van der Waals surface area contributed by atoms with Gasteiger partial charge >= 0.3 is 0 Å². The highest BCUT2D eigenvalue weighted by molar-refractivity contribution is 7.92. The lowest BCUT2D eigenvalue weighted by Crippen LogP contribution is -2.17. The molecule has 0 unspecified atom stereocenters. The van der Waals surface area contributed by atoms with Crippen LogP contribution >= 0.6 is 0 Å². The van der Waals surface area contributed by atoms with Gasteiger partial charge in [-0.2, -0.15) is 0 Å². The van der Waals surface area contributed by atoms with E-state index in [0.29, 0.717) is 12.1 Å². The van der Waals surface area contributed by atoms with E-state index in [-0.39, 0.29) is 11.2 Å². The Hall–Kier alpha value is -1.03. The molecule has 4 heteroatoms. The van der Waals surface area contributed by atoms with Crippen LogP contribution in [0.4, 0.5) is 5.69 Å². The van der Waals surface area contributed by atoms with Gasteiger partial charge in [-0.15, -0.1) is 0 Å². The van der Waals surface area contributed by atoms with Crippen LogP contribution in [0.5, 0.6) is 0 Å². The zero-order valence-corrected chi connectivity index (χ0v) is 12.7. The molecule has 0 fully saturated rings. The fraction of sp³-hybridized carbons (Fsp3) is 0.571. The summed E-state index contributed by atoms with van der Waals surface area (Å²) >= 11 is 0. The predicted octanol–water partition coefficient (Wildman–Crippen LogP) is 3.44. The maximum absolute atomic E-state index is 11.7. The quantitative estimate of drug-likeness (QED) is 0.910. The molecule has 1 N–H and O–H groups in total. The zero-order chi connectivity index (χ0) is 14.0. The molecule has 0 spiro atoms. The fourth-order valence-electron chi connectivity index (χ4n) is 1.73. The van der Waals surface area contributed by atoms with Gasteiger partial charge in [0, 0.05) is 0 Å². The van der Waals surface area contributed by atoms with E-state index in [9.17, 15) is 8.42 Å². The molecule has 0 saturated carbocycles. The molecule has 0 heterocycles. The summed E-state index contributed by atoms with van der Waals surface area (Å²) in [6.45, 7) is 10.2. The van der Waals surface area contributed by atoms with Crippen molar-refractivity contribution in [2.45, 2.75) is 46.5 Å². The van der Waals surface area contributed by atoms with Crippen LogP contribution in [-0.4, -0.2) is 14.2 Å². The highest BCUT2D eigenvalue weighted by Crippen LogP contribution is 2.26. The number of benzene rings is 1. The predicted molar refractivity (Wildman–Crippen MR) is 77.6 cm³/mol. The minimum atomic E-state index is -3.21. The molecule has 0 aliphatic carbocycles. The molecule has 18 heavy (non-hydrogen) atoms. The normalized spacial score (nSPS) is 12.5. The molecule has 3 nitrogen and oxygen atoms in total. The number of anilines is 1. The van der Waals surface area contributed by atoms with Gasteiger partial charge in [0.25, 0.3) is 0 Å². The smallest absolute Gasteiger partial charge is 0.232 e. The second-order valence-electron chi connectivity index (χ2n) is 5.70. The highest BCUT2D eigenvalue weighted by Gasteiger charge is 2.16. The Morgan fingerprint density at radius 2 is 1.83 bits per heavy atom. The molecule has 0 radical (unpaired) electrons. The van der Waals surface area contributed by atoms with Crippen LogP contribution in [0.15, 0.2) is 18.2 Å². The van der Waals surface area contributed by atoms with Crippen molar-refractivity contribution in [1.82, 2.24) is 0 Å². The van der Waals surface area contributed by atoms with Crippen molar-refractivity contribution in [2.75, 3.05) is 10.5 Å². The Morgan fingerprint density at radius 3 is 2.28 bits per heavy atom. The van der Waals surface area contributed by atoms with Crippen LogP contribution in [0.3, 0.4) is 0 Å². The second-order valence-corrected chi connectivity index (χ2v) is 7.54. The molecule has 0 aliphatic rings. The molecule has 0 bridgehead atoms. The SMILES string of the molecule is CCCS(=O)(=O)Nc1ccc(C(C)(C)C)cc1C. The second kappa shape index (κ2) is 5.31. The molecule has 0 aromatic heterocycles. The van der Waals surface area contributed by atoms with Crippen molar-refractivity contribution < 1.29 is 8.42 Å². The number of rotatable bonds is 4. The summed E-state index contributed by atoms with van der Waals surface area (Å²) in [7, 11) is -3.21. The van der Waals surface area contributed by atoms with Crippen molar-refractivity contribution in [2.24, 2.45) is 0 Å². The highest BCUT2D eigenvalue weighted by atomic mass is 32.2. The third-order valence-electron chi connectivity index (χ3n) is 2.83. The first kappa shape index (κ1) is 15.0. The van der Waals surface area contributed by atoms with Gasteiger partial charge in [0.15, 0.2) is 0 Å². The summed E-state index contributed by atoms with van der Waals surface area (Å²) < 4.78 is 26.1. The van der Waals surface area contributed by atoms with Crippen molar-refractivity contribution in [3.05, 3.63) is 29.3 Å². The number of aryl methyl sites for hydroxylation is 1. The van der Waals surface area contributed by atoms with Crippen molar-refractivity contribution in [3.63, 3.8) is 0 Å².